The van der Waals surface area contributed by atoms with E-state index in [1.165, 1.54) is 6.92 Å². The van der Waals surface area contributed by atoms with Gasteiger partial charge in [0.05, 0.1) is 14.3 Å². The molecule has 0 saturated heterocycles. The van der Waals surface area contributed by atoms with E-state index in [-0.39, 0.29) is 15.0 Å². The summed E-state index contributed by atoms with van der Waals surface area (Å²) in [6.45, 7) is 1.28. The van der Waals surface area contributed by atoms with Gasteiger partial charge in [0.25, 0.3) is 9.74 Å². The van der Waals surface area contributed by atoms with Crippen molar-refractivity contribution in [3.63, 3.8) is 0 Å². The number of benzene rings is 1. The second-order valence-electron chi connectivity index (χ2n) is 3.63. The number of rotatable bonds is 1. The highest BCUT2D eigenvalue weighted by atomic mass is 32.2. The van der Waals surface area contributed by atoms with E-state index in [1.807, 2.05) is 0 Å². The zero-order valence-electron chi connectivity index (χ0n) is 9.20. The smallest absolute Gasteiger partial charge is 0.393 e. The second-order valence-corrected chi connectivity index (χ2v) is 5.85. The van der Waals surface area contributed by atoms with Crippen molar-refractivity contribution in [3.8, 4) is 0 Å². The number of alkyl halides is 3. The van der Waals surface area contributed by atoms with Crippen LogP contribution in [0, 0.1) is 17.0 Å². The van der Waals surface area contributed by atoms with Crippen LogP contribution in [-0.2, 0) is 6.18 Å². The molecule has 0 aliphatic rings. The summed E-state index contributed by atoms with van der Waals surface area (Å²) >= 11 is 0.947. The number of nitrogens with zero attached hydrogens (tertiary/aromatic N) is 1. The molecule has 0 unspecified atom stereocenters. The molecule has 2 aromatic rings. The highest BCUT2D eigenvalue weighted by molar-refractivity contribution is 7.35. The SMILES string of the molecule is Cc1c([N+](=O)[O-])c(N)c(C(F)(F)F)c2sc(=O)sc12. The summed E-state index contributed by atoms with van der Waals surface area (Å²) in [7, 11) is 0. The van der Waals surface area contributed by atoms with E-state index in [0.29, 0.717) is 22.7 Å². The Labute approximate surface area is 111 Å². The van der Waals surface area contributed by atoms with Crippen molar-refractivity contribution >= 4 is 43.4 Å². The summed E-state index contributed by atoms with van der Waals surface area (Å²) in [6.07, 6.45) is -4.86. The average molecular weight is 310 g/mol. The Hall–Kier alpha value is -1.68. The minimum Gasteiger partial charge on any atom is -0.393 e. The minimum absolute atomic E-state index is 0.0196. The van der Waals surface area contributed by atoms with Crippen LogP contribution in [0.15, 0.2) is 4.79 Å². The van der Waals surface area contributed by atoms with Gasteiger partial charge in [-0.25, -0.2) is 0 Å². The molecule has 102 valence electrons. The fraction of sp³-hybridized carbons (Fsp3) is 0.222. The summed E-state index contributed by atoms with van der Waals surface area (Å²) in [5, 5.41) is 10.9. The summed E-state index contributed by atoms with van der Waals surface area (Å²) < 4.78 is 38.0. The van der Waals surface area contributed by atoms with E-state index in [4.69, 9.17) is 5.73 Å². The maximum absolute atomic E-state index is 13.0. The van der Waals surface area contributed by atoms with Gasteiger partial charge in [0, 0.05) is 5.56 Å². The van der Waals surface area contributed by atoms with Crippen molar-refractivity contribution in [3.05, 3.63) is 30.1 Å². The van der Waals surface area contributed by atoms with Crippen molar-refractivity contribution < 1.29 is 18.1 Å². The van der Waals surface area contributed by atoms with Gasteiger partial charge in [0.2, 0.25) is 0 Å². The maximum atomic E-state index is 13.0. The predicted octanol–water partition coefficient (Wildman–Crippen LogP) is 3.14. The van der Waals surface area contributed by atoms with Crippen LogP contribution >= 0.6 is 22.7 Å². The molecule has 0 radical (unpaired) electrons. The molecule has 0 fully saturated rings. The number of nitrogens with two attached hydrogens (primary N) is 1. The van der Waals surface area contributed by atoms with Crippen molar-refractivity contribution in [2.24, 2.45) is 0 Å². The molecular weight excluding hydrogens is 305 g/mol. The van der Waals surface area contributed by atoms with Crippen LogP contribution in [0.1, 0.15) is 11.1 Å². The Bertz CT molecular complexity index is 748. The number of nitro benzene ring substituents is 1. The number of aryl methyl sites for hydroxylation is 1. The van der Waals surface area contributed by atoms with Crippen molar-refractivity contribution in [2.45, 2.75) is 13.1 Å². The third-order valence-corrected chi connectivity index (χ3v) is 4.78. The lowest BCUT2D eigenvalue weighted by molar-refractivity contribution is -0.384. The van der Waals surface area contributed by atoms with Crippen LogP contribution in [0.4, 0.5) is 24.5 Å². The molecule has 2 rings (SSSR count). The topological polar surface area (TPSA) is 86.2 Å². The second kappa shape index (κ2) is 4.17. The molecule has 10 heteroatoms. The standard InChI is InChI=1S/C9H5F3N2O3S2/c1-2-5(14(16)17)4(13)3(9(10,11)12)7-6(2)18-8(15)19-7/h13H2,1H3. The van der Waals surface area contributed by atoms with E-state index < -0.39 is 32.1 Å². The Morgan fingerprint density at radius 2 is 1.79 bits per heavy atom. The predicted molar refractivity (Wildman–Crippen MR) is 66.8 cm³/mol. The van der Waals surface area contributed by atoms with Gasteiger partial charge in [0.1, 0.15) is 11.3 Å². The summed E-state index contributed by atoms with van der Waals surface area (Å²) in [4.78, 5) is 21.2. The normalized spacial score (nSPS) is 12.0. The number of halogens is 3. The minimum atomic E-state index is -4.86. The number of hydrogen-bond donors (Lipinski definition) is 1. The molecule has 1 heterocycles. The molecule has 1 aromatic carbocycles. The monoisotopic (exact) mass is 310 g/mol. The van der Waals surface area contributed by atoms with Crippen molar-refractivity contribution in [1.82, 2.24) is 0 Å². The van der Waals surface area contributed by atoms with E-state index in [0.717, 1.165) is 0 Å². The largest absolute Gasteiger partial charge is 0.420 e. The van der Waals surface area contributed by atoms with Crippen LogP contribution < -0.4 is 9.79 Å². The van der Waals surface area contributed by atoms with Crippen LogP contribution in [0.2, 0.25) is 0 Å². The van der Waals surface area contributed by atoms with E-state index in [2.05, 4.69) is 0 Å². The number of anilines is 1. The molecule has 0 saturated carbocycles. The average Bonchev–Trinajstić information content (AvgIpc) is 2.56. The first kappa shape index (κ1) is 13.7. The first-order chi connectivity index (χ1) is 8.64. The van der Waals surface area contributed by atoms with Crippen LogP contribution in [0.3, 0.4) is 0 Å². The fourth-order valence-corrected chi connectivity index (χ4v) is 4.03. The van der Waals surface area contributed by atoms with Gasteiger partial charge in [-0.1, -0.05) is 22.7 Å². The Morgan fingerprint density at radius 1 is 1.26 bits per heavy atom. The number of nitrogen functional groups attached to an aromatic ring is 1. The third kappa shape index (κ3) is 2.06. The molecule has 0 aliphatic heterocycles. The van der Waals surface area contributed by atoms with Gasteiger partial charge >= 0.3 is 6.18 Å². The van der Waals surface area contributed by atoms with Crippen molar-refractivity contribution in [2.75, 3.05) is 5.73 Å². The molecule has 2 N–H and O–H groups in total. The zero-order valence-corrected chi connectivity index (χ0v) is 10.8. The third-order valence-electron chi connectivity index (χ3n) is 2.49. The fourth-order valence-electron chi connectivity index (χ4n) is 1.76. The van der Waals surface area contributed by atoms with Crippen molar-refractivity contribution in [1.29, 1.82) is 0 Å². The van der Waals surface area contributed by atoms with Gasteiger partial charge in [-0.2, -0.15) is 13.2 Å². The van der Waals surface area contributed by atoms with Gasteiger partial charge in [-0.3, -0.25) is 14.9 Å². The van der Waals surface area contributed by atoms with Crippen LogP contribution in [0.25, 0.3) is 9.40 Å². The molecule has 0 atom stereocenters. The Balaban J connectivity index is 3.09. The van der Waals surface area contributed by atoms with Gasteiger partial charge in [-0.15, -0.1) is 0 Å². The maximum Gasteiger partial charge on any atom is 0.420 e. The first-order valence-electron chi connectivity index (χ1n) is 4.71. The molecule has 0 amide bonds. The lowest BCUT2D eigenvalue weighted by Crippen LogP contribution is -2.12. The number of fused-ring (bicyclic) bond motifs is 1. The number of nitro groups is 1. The van der Waals surface area contributed by atoms with Gasteiger partial charge in [0.15, 0.2) is 0 Å². The Morgan fingerprint density at radius 3 is 2.26 bits per heavy atom. The quantitative estimate of drug-likeness (QED) is 0.498. The first-order valence-corrected chi connectivity index (χ1v) is 6.35. The number of hydrogen-bond acceptors (Lipinski definition) is 6. The van der Waals surface area contributed by atoms with Crippen LogP contribution in [-0.4, -0.2) is 4.92 Å². The molecule has 0 bridgehead atoms. The molecule has 1 aromatic heterocycles. The lowest BCUT2D eigenvalue weighted by atomic mass is 10.1. The molecule has 5 nitrogen and oxygen atoms in total. The van der Waals surface area contributed by atoms with Gasteiger partial charge in [-0.05, 0) is 6.92 Å². The van der Waals surface area contributed by atoms with E-state index >= 15 is 0 Å². The highest BCUT2D eigenvalue weighted by Gasteiger charge is 2.40. The molecule has 19 heavy (non-hydrogen) atoms. The Kier molecular flexibility index (Phi) is 3.01. The summed E-state index contributed by atoms with van der Waals surface area (Å²) in [5.41, 5.74) is 2.23. The molecular formula is C9H5F3N2O3S2. The molecule has 0 spiro atoms. The highest BCUT2D eigenvalue weighted by Crippen LogP contribution is 2.47. The summed E-state index contributed by atoms with van der Waals surface area (Å²) in [6, 6.07) is 0. The van der Waals surface area contributed by atoms with Gasteiger partial charge < -0.3 is 5.73 Å². The summed E-state index contributed by atoms with van der Waals surface area (Å²) in [5.74, 6) is 0. The van der Waals surface area contributed by atoms with E-state index in [1.54, 1.807) is 0 Å². The lowest BCUT2D eigenvalue weighted by Gasteiger charge is -2.12. The van der Waals surface area contributed by atoms with Crippen LogP contribution in [0.5, 0.6) is 0 Å². The van der Waals surface area contributed by atoms with E-state index in [9.17, 15) is 28.1 Å². The zero-order chi connectivity index (χ0) is 14.5. The molecule has 0 aliphatic carbocycles.